The fourth-order valence-electron chi connectivity index (χ4n) is 3.45. The summed E-state index contributed by atoms with van der Waals surface area (Å²) in [4.78, 5) is 14.1. The van der Waals surface area contributed by atoms with E-state index < -0.39 is 11.8 Å². The topological polar surface area (TPSA) is 72.1 Å². The van der Waals surface area contributed by atoms with Crippen LogP contribution in [-0.2, 0) is 4.74 Å². The van der Waals surface area contributed by atoms with Gasteiger partial charge >= 0.3 is 5.97 Å². The minimum Gasteiger partial charge on any atom is -0.492 e. The van der Waals surface area contributed by atoms with Crippen LogP contribution in [0.25, 0.3) is 22.3 Å². The van der Waals surface area contributed by atoms with Crippen molar-refractivity contribution in [1.29, 1.82) is 0 Å². The lowest BCUT2D eigenvalue weighted by atomic mass is 10.0. The first-order chi connectivity index (χ1) is 13.6. The lowest BCUT2D eigenvalue weighted by molar-refractivity contribution is 0.0699. The summed E-state index contributed by atoms with van der Waals surface area (Å²) in [5.74, 6) is -0.709. The van der Waals surface area contributed by atoms with Crippen molar-refractivity contribution in [3.63, 3.8) is 0 Å². The van der Waals surface area contributed by atoms with E-state index in [0.29, 0.717) is 55.2 Å². The average molecular weight is 385 g/mol. The molecule has 0 amide bonds. The van der Waals surface area contributed by atoms with Gasteiger partial charge in [0.15, 0.2) is 0 Å². The number of morpholine rings is 1. The molecule has 1 fully saturated rings. The van der Waals surface area contributed by atoms with Crippen LogP contribution in [0.4, 0.5) is 10.1 Å². The molecule has 2 heterocycles. The van der Waals surface area contributed by atoms with Crippen LogP contribution in [0, 0.1) is 5.82 Å². The van der Waals surface area contributed by atoms with E-state index in [2.05, 4.69) is 4.90 Å². The van der Waals surface area contributed by atoms with Gasteiger partial charge in [-0.3, -0.25) is 0 Å². The van der Waals surface area contributed by atoms with Crippen molar-refractivity contribution in [2.45, 2.75) is 6.92 Å². The number of fused-ring (bicyclic) bond motifs is 1. The first kappa shape index (κ1) is 18.3. The largest absolute Gasteiger partial charge is 0.492 e. The standard InChI is InChI=1S/C21H20FNO5/c1-2-27-18-11-15-17(12-16(18)23-7-9-26-10-8-23)28-20(19(15)21(24)25)13-3-5-14(22)6-4-13/h3-6,11-12H,2,7-10H2,1H3,(H,24,25). The molecule has 0 unspecified atom stereocenters. The lowest BCUT2D eigenvalue weighted by Gasteiger charge is -2.30. The molecule has 1 aromatic heterocycles. The van der Waals surface area contributed by atoms with Crippen molar-refractivity contribution in [2.24, 2.45) is 0 Å². The van der Waals surface area contributed by atoms with Gasteiger partial charge in [-0.1, -0.05) is 0 Å². The van der Waals surface area contributed by atoms with Crippen LogP contribution in [0.5, 0.6) is 5.75 Å². The Morgan fingerprint density at radius 2 is 1.93 bits per heavy atom. The number of rotatable bonds is 5. The highest BCUT2D eigenvalue weighted by atomic mass is 19.1. The monoisotopic (exact) mass is 385 g/mol. The molecule has 0 bridgehead atoms. The molecule has 7 heteroatoms. The second-order valence-corrected chi connectivity index (χ2v) is 6.47. The second-order valence-electron chi connectivity index (χ2n) is 6.47. The van der Waals surface area contributed by atoms with Gasteiger partial charge in [0.25, 0.3) is 0 Å². The number of furan rings is 1. The molecule has 1 N–H and O–H groups in total. The fraction of sp³-hybridized carbons (Fsp3) is 0.286. The molecule has 2 aromatic carbocycles. The molecule has 146 valence electrons. The number of aromatic carboxylic acids is 1. The number of carbonyl (C=O) groups is 1. The molecule has 4 rings (SSSR count). The Morgan fingerprint density at radius 3 is 2.57 bits per heavy atom. The number of carboxylic acid groups (broad SMARTS) is 1. The van der Waals surface area contributed by atoms with Gasteiger partial charge in [-0.2, -0.15) is 0 Å². The van der Waals surface area contributed by atoms with Crippen LogP contribution in [0.3, 0.4) is 0 Å². The summed E-state index contributed by atoms with van der Waals surface area (Å²) in [5.41, 5.74) is 1.83. The maximum absolute atomic E-state index is 13.3. The highest BCUT2D eigenvalue weighted by Crippen LogP contribution is 2.40. The normalized spacial score (nSPS) is 14.4. The van der Waals surface area contributed by atoms with Crippen molar-refractivity contribution < 1.29 is 28.2 Å². The third kappa shape index (κ3) is 3.29. The predicted molar refractivity (Wildman–Crippen MR) is 103 cm³/mol. The molecule has 3 aromatic rings. The third-order valence-electron chi connectivity index (χ3n) is 4.74. The summed E-state index contributed by atoms with van der Waals surface area (Å²) in [7, 11) is 0. The van der Waals surface area contributed by atoms with E-state index in [-0.39, 0.29) is 11.3 Å². The van der Waals surface area contributed by atoms with E-state index in [0.717, 1.165) is 5.69 Å². The van der Waals surface area contributed by atoms with E-state index in [1.807, 2.05) is 13.0 Å². The molecule has 0 saturated carbocycles. The molecule has 0 radical (unpaired) electrons. The molecule has 0 atom stereocenters. The van der Waals surface area contributed by atoms with E-state index >= 15 is 0 Å². The SMILES string of the molecule is CCOc1cc2c(C(=O)O)c(-c3ccc(F)cc3)oc2cc1N1CCOCC1. The van der Waals surface area contributed by atoms with E-state index in [1.54, 1.807) is 6.07 Å². The van der Waals surface area contributed by atoms with E-state index in [1.165, 1.54) is 24.3 Å². The summed E-state index contributed by atoms with van der Waals surface area (Å²) in [6.07, 6.45) is 0. The number of ether oxygens (including phenoxy) is 2. The van der Waals surface area contributed by atoms with Crippen LogP contribution in [0.2, 0.25) is 0 Å². The van der Waals surface area contributed by atoms with Crippen LogP contribution in [0.15, 0.2) is 40.8 Å². The number of hydrogen-bond acceptors (Lipinski definition) is 5. The Bertz CT molecular complexity index is 1010. The Labute approximate surface area is 161 Å². The molecular weight excluding hydrogens is 365 g/mol. The summed E-state index contributed by atoms with van der Waals surface area (Å²) in [6, 6.07) is 9.09. The first-order valence-corrected chi connectivity index (χ1v) is 9.13. The Morgan fingerprint density at radius 1 is 1.21 bits per heavy atom. The minimum atomic E-state index is -1.11. The average Bonchev–Trinajstić information content (AvgIpc) is 3.07. The van der Waals surface area contributed by atoms with E-state index in [9.17, 15) is 14.3 Å². The molecule has 1 aliphatic rings. The molecule has 6 nitrogen and oxygen atoms in total. The second kappa shape index (κ2) is 7.52. The van der Waals surface area contributed by atoms with Crippen molar-refractivity contribution in [1.82, 2.24) is 0 Å². The van der Waals surface area contributed by atoms with Gasteiger partial charge in [-0.15, -0.1) is 0 Å². The highest BCUT2D eigenvalue weighted by Gasteiger charge is 2.25. The number of nitrogens with zero attached hydrogens (tertiary/aromatic N) is 1. The van der Waals surface area contributed by atoms with Gasteiger partial charge in [-0.05, 0) is 37.3 Å². The summed E-state index contributed by atoms with van der Waals surface area (Å²) >= 11 is 0. The minimum absolute atomic E-state index is 0.0380. The molecule has 1 aliphatic heterocycles. The number of carboxylic acids is 1. The predicted octanol–water partition coefficient (Wildman–Crippen LogP) is 4.17. The zero-order valence-electron chi connectivity index (χ0n) is 15.4. The number of halogens is 1. The number of hydrogen-bond donors (Lipinski definition) is 1. The maximum Gasteiger partial charge on any atom is 0.340 e. The summed E-state index contributed by atoms with van der Waals surface area (Å²) in [6.45, 7) is 4.98. The smallest absolute Gasteiger partial charge is 0.340 e. The van der Waals surface area contributed by atoms with Gasteiger partial charge in [0.1, 0.15) is 28.5 Å². The molecule has 28 heavy (non-hydrogen) atoms. The Balaban J connectivity index is 1.91. The van der Waals surface area contributed by atoms with E-state index in [4.69, 9.17) is 13.9 Å². The zero-order valence-corrected chi connectivity index (χ0v) is 15.4. The van der Waals surface area contributed by atoms with Crippen LogP contribution >= 0.6 is 0 Å². The van der Waals surface area contributed by atoms with Crippen LogP contribution in [0.1, 0.15) is 17.3 Å². The van der Waals surface area contributed by atoms with Gasteiger partial charge < -0.3 is 23.9 Å². The number of anilines is 1. The lowest BCUT2D eigenvalue weighted by Crippen LogP contribution is -2.36. The quantitative estimate of drug-likeness (QED) is 0.711. The Hall–Kier alpha value is -3.06. The van der Waals surface area contributed by atoms with Gasteiger partial charge in [0, 0.05) is 30.1 Å². The van der Waals surface area contributed by atoms with Gasteiger partial charge in [-0.25, -0.2) is 9.18 Å². The van der Waals surface area contributed by atoms with Gasteiger partial charge in [0.2, 0.25) is 0 Å². The third-order valence-corrected chi connectivity index (χ3v) is 4.74. The summed E-state index contributed by atoms with van der Waals surface area (Å²) < 4.78 is 30.4. The van der Waals surface area contributed by atoms with Crippen molar-refractivity contribution in [3.8, 4) is 17.1 Å². The molecule has 0 spiro atoms. The van der Waals surface area contributed by atoms with Crippen LogP contribution in [-0.4, -0.2) is 44.0 Å². The highest BCUT2D eigenvalue weighted by molar-refractivity contribution is 6.09. The van der Waals surface area contributed by atoms with Crippen LogP contribution < -0.4 is 9.64 Å². The number of benzene rings is 2. The first-order valence-electron chi connectivity index (χ1n) is 9.13. The van der Waals surface area contributed by atoms with Gasteiger partial charge in [0.05, 0.1) is 25.5 Å². The molecular formula is C21H20FNO5. The molecule has 0 aliphatic carbocycles. The zero-order chi connectivity index (χ0) is 19.7. The fourth-order valence-corrected chi connectivity index (χ4v) is 3.45. The maximum atomic E-state index is 13.3. The molecule has 1 saturated heterocycles. The van der Waals surface area contributed by atoms with Crippen molar-refractivity contribution in [3.05, 3.63) is 47.8 Å². The van der Waals surface area contributed by atoms with Crippen molar-refractivity contribution >= 4 is 22.6 Å². The van der Waals surface area contributed by atoms with Crippen molar-refractivity contribution in [2.75, 3.05) is 37.8 Å². The summed E-state index contributed by atoms with van der Waals surface area (Å²) in [5, 5.41) is 10.3. The Kier molecular flexibility index (Phi) is 4.92.